The van der Waals surface area contributed by atoms with E-state index in [-0.39, 0.29) is 12.3 Å². The molecule has 0 atom stereocenters. The normalized spacial score (nSPS) is 19.9. The molecular formula is C27H33N7O3. The maximum Gasteiger partial charge on any atom is 0.221 e. The van der Waals surface area contributed by atoms with Gasteiger partial charge in [0.1, 0.15) is 5.69 Å². The number of hydrogen-bond acceptors (Lipinski definition) is 7. The summed E-state index contributed by atoms with van der Waals surface area (Å²) in [6.45, 7) is 5.25. The first-order chi connectivity index (χ1) is 18.1. The van der Waals surface area contributed by atoms with Crippen LogP contribution in [0.3, 0.4) is 0 Å². The summed E-state index contributed by atoms with van der Waals surface area (Å²) < 4.78 is 2.34. The highest BCUT2D eigenvalue weighted by Gasteiger charge is 2.33. The van der Waals surface area contributed by atoms with Gasteiger partial charge >= 0.3 is 0 Å². The summed E-state index contributed by atoms with van der Waals surface area (Å²) in [4.78, 5) is 40.6. The molecule has 2 fully saturated rings. The zero-order chi connectivity index (χ0) is 25.8. The minimum absolute atomic E-state index is 0.0829. The predicted molar refractivity (Wildman–Crippen MR) is 142 cm³/mol. The van der Waals surface area contributed by atoms with Crippen molar-refractivity contribution in [2.24, 2.45) is 5.92 Å². The molecular weight excluding hydrogens is 470 g/mol. The molecule has 0 radical (unpaired) electrons. The minimum atomic E-state index is -0.0829. The van der Waals surface area contributed by atoms with Crippen molar-refractivity contribution in [1.82, 2.24) is 25.0 Å². The molecule has 1 aliphatic carbocycles. The van der Waals surface area contributed by atoms with Crippen LogP contribution in [-0.4, -0.2) is 84.6 Å². The summed E-state index contributed by atoms with van der Waals surface area (Å²) in [5.74, 6) is 1.41. The molecule has 2 aromatic heterocycles. The van der Waals surface area contributed by atoms with Crippen LogP contribution in [-0.2, 0) is 9.59 Å². The van der Waals surface area contributed by atoms with E-state index in [4.69, 9.17) is 0 Å². The summed E-state index contributed by atoms with van der Waals surface area (Å²) in [7, 11) is 1.60. The number of nitrogens with zero attached hydrogens (tertiary/aromatic N) is 6. The van der Waals surface area contributed by atoms with Crippen molar-refractivity contribution in [3.63, 3.8) is 0 Å². The van der Waals surface area contributed by atoms with Gasteiger partial charge in [0.25, 0.3) is 0 Å². The van der Waals surface area contributed by atoms with Crippen molar-refractivity contribution < 1.29 is 14.4 Å². The third-order valence-electron chi connectivity index (χ3n) is 7.64. The second kappa shape index (κ2) is 11.1. The van der Waals surface area contributed by atoms with Crippen molar-refractivity contribution in [3.05, 3.63) is 48.3 Å². The van der Waals surface area contributed by atoms with Gasteiger partial charge in [-0.15, -0.1) is 10.2 Å². The molecule has 0 bridgehead atoms. The molecule has 0 spiro atoms. The van der Waals surface area contributed by atoms with Gasteiger partial charge < -0.3 is 19.7 Å². The van der Waals surface area contributed by atoms with Gasteiger partial charge in [0, 0.05) is 70.4 Å². The smallest absolute Gasteiger partial charge is 0.221 e. The molecule has 2 amide bonds. The quantitative estimate of drug-likeness (QED) is 0.423. The first-order valence-corrected chi connectivity index (χ1v) is 12.9. The number of amides is 2. The predicted octanol–water partition coefficient (Wildman–Crippen LogP) is 2.12. The van der Waals surface area contributed by atoms with Gasteiger partial charge in [0.15, 0.2) is 12.1 Å². The van der Waals surface area contributed by atoms with E-state index in [1.165, 1.54) is 0 Å². The van der Waals surface area contributed by atoms with Crippen molar-refractivity contribution in [3.8, 4) is 0 Å². The fourth-order valence-corrected chi connectivity index (χ4v) is 5.49. The average molecular weight is 504 g/mol. The number of aromatic nitrogens is 3. The van der Waals surface area contributed by atoms with E-state index in [0.29, 0.717) is 30.5 Å². The number of piperazine rings is 1. The number of carbonyl (C=O) groups is 3. The average Bonchev–Trinajstić information content (AvgIpc) is 3.35. The van der Waals surface area contributed by atoms with Crippen molar-refractivity contribution in [1.29, 1.82) is 0 Å². The van der Waals surface area contributed by atoms with E-state index < -0.39 is 0 Å². The molecule has 0 unspecified atom stereocenters. The molecule has 1 aromatic carbocycles. The molecule has 37 heavy (non-hydrogen) atoms. The Morgan fingerprint density at radius 3 is 2.57 bits per heavy atom. The standard InChI is InChI=1S/C27H33N7O3/c1-28-27(37)8-9-33(19-36)24-3-2-4-25-23(24)7-10-34(25)22-15-20(16-22)17-31-11-13-32(14-12-31)26-6-5-21(18-35)29-30-26/h2-7,10,18-20,22H,8-9,11-17H2,1H3,(H,28,37)/t20-,22+. The molecule has 3 heterocycles. The first-order valence-electron chi connectivity index (χ1n) is 12.9. The minimum Gasteiger partial charge on any atom is -0.359 e. The number of aldehydes is 1. The van der Waals surface area contributed by atoms with Gasteiger partial charge in [0.05, 0.1) is 11.2 Å². The van der Waals surface area contributed by atoms with Crippen LogP contribution in [0.1, 0.15) is 35.8 Å². The Morgan fingerprint density at radius 2 is 1.89 bits per heavy atom. The van der Waals surface area contributed by atoms with Gasteiger partial charge in [0.2, 0.25) is 12.3 Å². The molecule has 10 nitrogen and oxygen atoms in total. The Bertz CT molecular complexity index is 1240. The van der Waals surface area contributed by atoms with Gasteiger partial charge in [-0.25, -0.2) is 0 Å². The van der Waals surface area contributed by atoms with Crippen LogP contribution in [0.25, 0.3) is 10.9 Å². The molecule has 2 aliphatic rings. The maximum atomic E-state index is 11.8. The molecule has 3 aromatic rings. The summed E-state index contributed by atoms with van der Waals surface area (Å²) >= 11 is 0. The van der Waals surface area contributed by atoms with E-state index in [2.05, 4.69) is 48.2 Å². The largest absolute Gasteiger partial charge is 0.359 e. The fraction of sp³-hybridized carbons (Fsp3) is 0.444. The summed E-state index contributed by atoms with van der Waals surface area (Å²) in [6.07, 6.45) is 6.20. The number of hydrogen-bond donors (Lipinski definition) is 1. The Labute approximate surface area is 216 Å². The number of anilines is 2. The topological polar surface area (TPSA) is 104 Å². The Morgan fingerprint density at radius 1 is 1.08 bits per heavy atom. The lowest BCUT2D eigenvalue weighted by Gasteiger charge is -2.42. The number of carbonyl (C=O) groups excluding carboxylic acids is 3. The monoisotopic (exact) mass is 503 g/mol. The number of benzene rings is 1. The molecule has 5 rings (SSSR count). The third kappa shape index (κ3) is 5.34. The Balaban J connectivity index is 1.15. The van der Waals surface area contributed by atoms with Crippen LogP contribution in [0.15, 0.2) is 42.6 Å². The third-order valence-corrected chi connectivity index (χ3v) is 7.64. The summed E-state index contributed by atoms with van der Waals surface area (Å²) in [5, 5.41) is 11.8. The highest BCUT2D eigenvalue weighted by molar-refractivity contribution is 5.97. The fourth-order valence-electron chi connectivity index (χ4n) is 5.49. The second-order valence-electron chi connectivity index (χ2n) is 9.87. The number of rotatable bonds is 10. The Kier molecular flexibility index (Phi) is 7.45. The number of nitrogens with one attached hydrogen (secondary N) is 1. The molecule has 1 aliphatic heterocycles. The van der Waals surface area contributed by atoms with Gasteiger partial charge in [-0.05, 0) is 49.1 Å². The van der Waals surface area contributed by atoms with Crippen LogP contribution in [0.2, 0.25) is 0 Å². The maximum absolute atomic E-state index is 11.8. The van der Waals surface area contributed by atoms with E-state index in [1.807, 2.05) is 18.2 Å². The summed E-state index contributed by atoms with van der Waals surface area (Å²) in [6, 6.07) is 12.2. The molecule has 10 heteroatoms. The Hall–Kier alpha value is -3.79. The van der Waals surface area contributed by atoms with Crippen molar-refractivity contribution in [2.75, 3.05) is 56.1 Å². The summed E-state index contributed by atoms with van der Waals surface area (Å²) in [5.41, 5.74) is 2.33. The van der Waals surface area contributed by atoms with Gasteiger partial charge in [-0.1, -0.05) is 6.07 Å². The van der Waals surface area contributed by atoms with E-state index in [0.717, 1.165) is 74.4 Å². The van der Waals surface area contributed by atoms with E-state index >= 15 is 0 Å². The SMILES string of the molecule is CNC(=O)CCN(C=O)c1cccc2c1ccn2[C@H]1C[C@@H](CN2CCN(c3ccc(C=O)nn3)CC2)C1. The molecule has 1 saturated carbocycles. The first kappa shape index (κ1) is 24.9. The zero-order valence-electron chi connectivity index (χ0n) is 21.1. The highest BCUT2D eigenvalue weighted by atomic mass is 16.2. The van der Waals surface area contributed by atoms with E-state index in [9.17, 15) is 14.4 Å². The van der Waals surface area contributed by atoms with Crippen molar-refractivity contribution in [2.45, 2.75) is 25.3 Å². The lowest BCUT2D eigenvalue weighted by atomic mass is 9.79. The van der Waals surface area contributed by atoms with Crippen LogP contribution in [0, 0.1) is 5.92 Å². The molecule has 1 N–H and O–H groups in total. The lowest BCUT2D eigenvalue weighted by molar-refractivity contribution is -0.120. The van der Waals surface area contributed by atoms with Gasteiger partial charge in [-0.3, -0.25) is 19.3 Å². The van der Waals surface area contributed by atoms with Gasteiger partial charge in [-0.2, -0.15) is 0 Å². The van der Waals surface area contributed by atoms with Crippen molar-refractivity contribution >= 4 is 41.0 Å². The molecule has 194 valence electrons. The van der Waals surface area contributed by atoms with Crippen LogP contribution in [0.4, 0.5) is 11.5 Å². The zero-order valence-corrected chi connectivity index (χ0v) is 21.1. The second-order valence-corrected chi connectivity index (χ2v) is 9.87. The van der Waals surface area contributed by atoms with Crippen LogP contribution in [0.5, 0.6) is 0 Å². The highest BCUT2D eigenvalue weighted by Crippen LogP contribution is 2.41. The number of fused-ring (bicyclic) bond motifs is 1. The van der Waals surface area contributed by atoms with Crippen LogP contribution >= 0.6 is 0 Å². The van der Waals surface area contributed by atoms with E-state index in [1.54, 1.807) is 18.0 Å². The lowest BCUT2D eigenvalue weighted by Crippen LogP contribution is -2.49. The molecule has 1 saturated heterocycles. The van der Waals surface area contributed by atoms with Crippen LogP contribution < -0.4 is 15.1 Å².